The van der Waals surface area contributed by atoms with Gasteiger partial charge in [-0.25, -0.2) is 4.79 Å². The van der Waals surface area contributed by atoms with Gasteiger partial charge in [0.25, 0.3) is 6.01 Å². The highest BCUT2D eigenvalue weighted by molar-refractivity contribution is 5.74. The number of fused-ring (bicyclic) bond motifs is 1. The number of hydrogen-bond acceptors (Lipinski definition) is 5. The van der Waals surface area contributed by atoms with Crippen molar-refractivity contribution in [2.75, 3.05) is 18.0 Å². The fraction of sp³-hybridized carbons (Fsp3) is 0.355. The van der Waals surface area contributed by atoms with Gasteiger partial charge in [-0.05, 0) is 48.2 Å². The normalized spacial score (nSPS) is 11.9. The van der Waals surface area contributed by atoms with Crippen molar-refractivity contribution in [3.05, 3.63) is 90.0 Å². The van der Waals surface area contributed by atoms with Gasteiger partial charge in [-0.1, -0.05) is 87.2 Å². The van der Waals surface area contributed by atoms with Crippen molar-refractivity contribution >= 4 is 23.1 Å². The number of unbranched alkanes of at least 4 members (excludes halogenated alkanes) is 4. The first-order valence-electron chi connectivity index (χ1n) is 13.2. The molecule has 0 spiro atoms. The van der Waals surface area contributed by atoms with Crippen LogP contribution in [-0.2, 0) is 17.6 Å². The Balaban J connectivity index is 1.37. The van der Waals surface area contributed by atoms with Crippen molar-refractivity contribution in [2.24, 2.45) is 0 Å². The zero-order valence-electron chi connectivity index (χ0n) is 21.5. The molecule has 0 saturated heterocycles. The summed E-state index contributed by atoms with van der Waals surface area (Å²) < 4.78 is 11.9. The first-order chi connectivity index (χ1) is 18.1. The van der Waals surface area contributed by atoms with Gasteiger partial charge in [-0.3, -0.25) is 0 Å². The summed E-state index contributed by atoms with van der Waals surface area (Å²) in [6.45, 7) is 3.91. The van der Waals surface area contributed by atoms with Crippen LogP contribution in [-0.4, -0.2) is 35.3 Å². The quantitative estimate of drug-likeness (QED) is 0.179. The third-order valence-electron chi connectivity index (χ3n) is 6.50. The summed E-state index contributed by atoms with van der Waals surface area (Å²) in [6.07, 6.45) is 6.25. The van der Waals surface area contributed by atoms with Crippen LogP contribution in [0.5, 0.6) is 5.75 Å². The van der Waals surface area contributed by atoms with Crippen LogP contribution in [0.2, 0.25) is 0 Å². The fourth-order valence-electron chi connectivity index (χ4n) is 4.38. The van der Waals surface area contributed by atoms with Gasteiger partial charge >= 0.3 is 5.97 Å². The number of oxazole rings is 1. The maximum absolute atomic E-state index is 11.8. The molecule has 37 heavy (non-hydrogen) atoms. The van der Waals surface area contributed by atoms with E-state index in [1.165, 1.54) is 25.7 Å². The number of carboxylic acid groups (broad SMARTS) is 1. The van der Waals surface area contributed by atoms with Gasteiger partial charge in [0.2, 0.25) is 0 Å². The van der Waals surface area contributed by atoms with Crippen LogP contribution in [0.15, 0.2) is 83.3 Å². The summed E-state index contributed by atoms with van der Waals surface area (Å²) in [6, 6.07) is 25.8. The molecule has 0 aliphatic carbocycles. The van der Waals surface area contributed by atoms with Crippen molar-refractivity contribution in [3.63, 3.8) is 0 Å². The maximum atomic E-state index is 11.8. The number of ether oxygens (including phenoxy) is 1. The molecule has 0 fully saturated rings. The number of benzene rings is 3. The highest BCUT2D eigenvalue weighted by atomic mass is 16.5. The molecule has 1 aromatic heterocycles. The smallest absolute Gasteiger partial charge is 0.345 e. The van der Waals surface area contributed by atoms with Crippen molar-refractivity contribution < 1.29 is 19.1 Å². The second-order valence-electron chi connectivity index (χ2n) is 9.39. The van der Waals surface area contributed by atoms with E-state index in [1.807, 2.05) is 78.9 Å². The van der Waals surface area contributed by atoms with Crippen molar-refractivity contribution in [1.82, 2.24) is 4.98 Å². The number of carbonyl (C=O) groups is 1. The molecule has 6 heteroatoms. The van der Waals surface area contributed by atoms with Gasteiger partial charge < -0.3 is 19.2 Å². The Morgan fingerprint density at radius 3 is 2.35 bits per heavy atom. The Kier molecular flexibility index (Phi) is 9.58. The van der Waals surface area contributed by atoms with Crippen molar-refractivity contribution in [1.29, 1.82) is 0 Å². The minimum Gasteiger partial charge on any atom is -0.478 e. The molecule has 0 saturated carbocycles. The summed E-state index contributed by atoms with van der Waals surface area (Å²) in [5.41, 5.74) is 3.76. The molecule has 0 bridgehead atoms. The van der Waals surface area contributed by atoms with E-state index in [0.29, 0.717) is 18.2 Å². The molecule has 0 amide bonds. The summed E-state index contributed by atoms with van der Waals surface area (Å²) >= 11 is 0. The molecular formula is C31H36N2O4. The van der Waals surface area contributed by atoms with E-state index in [-0.39, 0.29) is 0 Å². The number of carboxylic acids is 1. The maximum Gasteiger partial charge on any atom is 0.345 e. The average molecular weight is 501 g/mol. The molecule has 0 aliphatic heterocycles. The van der Waals surface area contributed by atoms with Crippen molar-refractivity contribution in [2.45, 2.75) is 58.0 Å². The number of rotatable bonds is 15. The van der Waals surface area contributed by atoms with Gasteiger partial charge in [-0.2, -0.15) is 4.98 Å². The molecule has 4 rings (SSSR count). The van der Waals surface area contributed by atoms with E-state index < -0.39 is 12.1 Å². The Hall–Kier alpha value is -3.80. The lowest BCUT2D eigenvalue weighted by Crippen LogP contribution is -2.29. The van der Waals surface area contributed by atoms with Crippen molar-refractivity contribution in [3.8, 4) is 5.75 Å². The molecule has 0 radical (unpaired) electrons. The van der Waals surface area contributed by atoms with Gasteiger partial charge in [0.15, 0.2) is 11.7 Å². The number of para-hydroxylation sites is 2. The second-order valence-corrected chi connectivity index (χ2v) is 9.39. The molecule has 1 N–H and O–H groups in total. The number of aliphatic carboxylic acids is 1. The molecule has 4 aromatic rings. The lowest BCUT2D eigenvalue weighted by molar-refractivity contribution is -0.145. The minimum absolute atomic E-state index is 0.315. The zero-order valence-corrected chi connectivity index (χ0v) is 21.5. The van der Waals surface area contributed by atoms with E-state index in [1.54, 1.807) is 0 Å². The molecule has 6 nitrogen and oxygen atoms in total. The lowest BCUT2D eigenvalue weighted by Gasteiger charge is -2.21. The van der Waals surface area contributed by atoms with Crippen LogP contribution in [0.25, 0.3) is 11.1 Å². The van der Waals surface area contributed by atoms with Crippen LogP contribution >= 0.6 is 0 Å². The zero-order chi connectivity index (χ0) is 25.9. The topological polar surface area (TPSA) is 75.8 Å². The predicted molar refractivity (Wildman–Crippen MR) is 147 cm³/mol. The highest BCUT2D eigenvalue weighted by Gasteiger charge is 2.20. The molecular weight excluding hydrogens is 464 g/mol. The van der Waals surface area contributed by atoms with Crippen LogP contribution in [0.1, 0.15) is 50.2 Å². The number of hydrogen-bond donors (Lipinski definition) is 1. The van der Waals surface area contributed by atoms with Crippen LogP contribution in [0.3, 0.4) is 0 Å². The fourth-order valence-corrected chi connectivity index (χ4v) is 4.38. The summed E-state index contributed by atoms with van der Waals surface area (Å²) in [5, 5.41) is 9.63. The van der Waals surface area contributed by atoms with Gasteiger partial charge in [0.1, 0.15) is 11.3 Å². The summed E-state index contributed by atoms with van der Waals surface area (Å²) in [7, 11) is 0. The van der Waals surface area contributed by atoms with Crippen LogP contribution in [0, 0.1) is 0 Å². The predicted octanol–water partition coefficient (Wildman–Crippen LogP) is 6.92. The SMILES string of the molecule is CCCCCCCN(CCc1ccc(O[C@H](Cc2ccccc2)C(=O)O)cc1)c1nc2ccccc2o1. The number of anilines is 1. The second kappa shape index (κ2) is 13.5. The third-order valence-corrected chi connectivity index (χ3v) is 6.50. The van der Waals surface area contributed by atoms with E-state index in [2.05, 4.69) is 11.8 Å². The van der Waals surface area contributed by atoms with E-state index in [9.17, 15) is 9.90 Å². The Bertz CT molecular complexity index is 1200. The third kappa shape index (κ3) is 7.84. The number of nitrogens with zero attached hydrogens (tertiary/aromatic N) is 2. The van der Waals surface area contributed by atoms with Gasteiger partial charge in [-0.15, -0.1) is 0 Å². The van der Waals surface area contributed by atoms with E-state index in [0.717, 1.165) is 48.2 Å². The summed E-state index contributed by atoms with van der Waals surface area (Å²) in [5.74, 6) is -0.417. The molecule has 1 heterocycles. The molecule has 194 valence electrons. The molecule has 0 unspecified atom stereocenters. The molecule has 1 atom stereocenters. The largest absolute Gasteiger partial charge is 0.478 e. The van der Waals surface area contributed by atoms with Crippen LogP contribution in [0.4, 0.5) is 6.01 Å². The first kappa shape index (κ1) is 26.3. The van der Waals surface area contributed by atoms with Gasteiger partial charge in [0.05, 0.1) is 0 Å². The van der Waals surface area contributed by atoms with Gasteiger partial charge in [0, 0.05) is 19.5 Å². The average Bonchev–Trinajstić information content (AvgIpc) is 3.35. The van der Waals surface area contributed by atoms with E-state index >= 15 is 0 Å². The Morgan fingerprint density at radius 2 is 1.62 bits per heavy atom. The van der Waals surface area contributed by atoms with Crippen LogP contribution < -0.4 is 9.64 Å². The molecule has 3 aromatic carbocycles. The lowest BCUT2D eigenvalue weighted by atomic mass is 10.1. The highest BCUT2D eigenvalue weighted by Crippen LogP contribution is 2.23. The Morgan fingerprint density at radius 1 is 0.892 bits per heavy atom. The standard InChI is InChI=1S/C31H36N2O4/c1-2-3-4-5-11-21-33(31-32-27-14-9-10-15-28(27)37-31)22-20-24-16-18-26(19-17-24)36-29(30(34)35)23-25-12-7-6-8-13-25/h6-10,12-19,29H,2-5,11,20-23H2,1H3,(H,34,35)/t29-/m1/s1. The number of aromatic nitrogens is 1. The Labute approximate surface area is 218 Å². The minimum atomic E-state index is -0.971. The monoisotopic (exact) mass is 500 g/mol. The first-order valence-corrected chi connectivity index (χ1v) is 13.2. The summed E-state index contributed by atoms with van der Waals surface area (Å²) in [4.78, 5) is 18.7. The van der Waals surface area contributed by atoms with E-state index in [4.69, 9.17) is 14.1 Å². The molecule has 0 aliphatic rings.